The molecule has 0 saturated carbocycles. The number of pyridine rings is 1. The number of amides is 1. The van der Waals surface area contributed by atoms with E-state index in [4.69, 9.17) is 9.47 Å². The minimum atomic E-state index is -4.22. The third-order valence-corrected chi connectivity index (χ3v) is 6.36. The molecule has 3 aromatic rings. The second-order valence-corrected chi connectivity index (χ2v) is 8.74. The highest BCUT2D eigenvalue weighted by molar-refractivity contribution is 7.92. The first-order valence-corrected chi connectivity index (χ1v) is 11.3. The van der Waals surface area contributed by atoms with Crippen LogP contribution in [0.25, 0.3) is 0 Å². The summed E-state index contributed by atoms with van der Waals surface area (Å²) in [5.41, 5.74) is 3.05. The lowest BCUT2D eigenvalue weighted by molar-refractivity contribution is -0.119. The zero-order valence-corrected chi connectivity index (χ0v) is 18.0. The number of sulfonamides is 1. The molecule has 0 fully saturated rings. The smallest absolute Gasteiger partial charge is 0.264 e. The van der Waals surface area contributed by atoms with Crippen LogP contribution in [0, 0.1) is 5.82 Å². The van der Waals surface area contributed by atoms with Gasteiger partial charge in [0.1, 0.15) is 25.6 Å². The van der Waals surface area contributed by atoms with Crippen molar-refractivity contribution < 1.29 is 27.1 Å². The Hall–Kier alpha value is -3.99. The molecule has 1 aliphatic heterocycles. The first-order valence-electron chi connectivity index (χ1n) is 9.83. The second-order valence-electron chi connectivity index (χ2n) is 6.87. The number of hydrazone groups is 1. The molecule has 0 radical (unpaired) electrons. The van der Waals surface area contributed by atoms with Crippen molar-refractivity contribution in [3.63, 3.8) is 0 Å². The van der Waals surface area contributed by atoms with Crippen LogP contribution in [0.15, 0.2) is 77.0 Å². The number of nitrogens with one attached hydrogen (secondary N) is 1. The number of halogens is 1. The Morgan fingerprint density at radius 2 is 1.88 bits per heavy atom. The molecule has 0 bridgehead atoms. The normalized spacial score (nSPS) is 13.0. The van der Waals surface area contributed by atoms with Gasteiger partial charge in [-0.05, 0) is 42.5 Å². The van der Waals surface area contributed by atoms with Gasteiger partial charge in [0.25, 0.3) is 15.9 Å². The standard InChI is InChI=1S/C22H19FN4O5S/c23-17-3-5-18(6-4-17)27(15-22(28)26-25-14-16-2-1-9-24-13-16)33(29,30)19-7-8-20-21(12-19)32-11-10-31-20/h1-9,12-14H,10-11,15H2,(H,26,28)/b25-14-. The number of fused-ring (bicyclic) bond motifs is 1. The average Bonchev–Trinajstić information content (AvgIpc) is 2.83. The van der Waals surface area contributed by atoms with Crippen molar-refractivity contribution >= 4 is 27.8 Å². The topological polar surface area (TPSA) is 110 Å². The lowest BCUT2D eigenvalue weighted by Crippen LogP contribution is -2.39. The monoisotopic (exact) mass is 470 g/mol. The van der Waals surface area contributed by atoms with Crippen molar-refractivity contribution in [2.24, 2.45) is 5.10 Å². The molecule has 0 atom stereocenters. The van der Waals surface area contributed by atoms with Crippen LogP contribution >= 0.6 is 0 Å². The summed E-state index contributed by atoms with van der Waals surface area (Å²) < 4.78 is 52.1. The maximum atomic E-state index is 13.4. The average molecular weight is 470 g/mol. The van der Waals surface area contributed by atoms with Gasteiger partial charge in [-0.2, -0.15) is 5.10 Å². The van der Waals surface area contributed by atoms with E-state index >= 15 is 0 Å². The molecular weight excluding hydrogens is 451 g/mol. The number of benzene rings is 2. The first-order chi connectivity index (χ1) is 15.9. The van der Waals surface area contributed by atoms with Gasteiger partial charge in [0, 0.05) is 24.0 Å². The summed E-state index contributed by atoms with van der Waals surface area (Å²) in [7, 11) is -4.22. The number of aromatic nitrogens is 1. The SMILES string of the molecule is O=C(CN(c1ccc(F)cc1)S(=O)(=O)c1ccc2c(c1)OCCO2)N/N=C\c1cccnc1. The molecule has 1 amide bonds. The number of ether oxygens (including phenoxy) is 2. The van der Waals surface area contributed by atoms with E-state index in [0.29, 0.717) is 17.9 Å². The molecule has 0 saturated heterocycles. The summed E-state index contributed by atoms with van der Waals surface area (Å²) in [5.74, 6) is -0.524. The zero-order chi connectivity index (χ0) is 23.3. The Kier molecular flexibility index (Phi) is 6.50. The van der Waals surface area contributed by atoms with E-state index in [1.807, 2.05) is 0 Å². The molecule has 0 spiro atoms. The first kappa shape index (κ1) is 22.2. The Labute approximate surface area is 189 Å². The number of carbonyl (C=O) groups is 1. The van der Waals surface area contributed by atoms with Gasteiger partial charge in [-0.15, -0.1) is 0 Å². The summed E-state index contributed by atoms with van der Waals surface area (Å²) in [6.45, 7) is 0.0584. The third-order valence-electron chi connectivity index (χ3n) is 4.59. The van der Waals surface area contributed by atoms with Crippen LogP contribution in [0.3, 0.4) is 0 Å². The van der Waals surface area contributed by atoms with E-state index in [2.05, 4.69) is 15.5 Å². The zero-order valence-electron chi connectivity index (χ0n) is 17.2. The predicted molar refractivity (Wildman–Crippen MR) is 118 cm³/mol. The summed E-state index contributed by atoms with van der Waals surface area (Å²) >= 11 is 0. The van der Waals surface area contributed by atoms with Gasteiger partial charge in [-0.25, -0.2) is 18.2 Å². The summed E-state index contributed by atoms with van der Waals surface area (Å²) in [6.07, 6.45) is 4.52. The number of carbonyl (C=O) groups excluding carboxylic acids is 1. The molecule has 1 N–H and O–H groups in total. The van der Waals surface area contributed by atoms with Crippen LogP contribution in [0.4, 0.5) is 10.1 Å². The Morgan fingerprint density at radius 1 is 1.12 bits per heavy atom. The number of rotatable bonds is 7. The van der Waals surface area contributed by atoms with Gasteiger partial charge in [0.05, 0.1) is 16.8 Å². The van der Waals surface area contributed by atoms with E-state index in [1.54, 1.807) is 24.5 Å². The molecule has 2 heterocycles. The predicted octanol–water partition coefficient (Wildman–Crippen LogP) is 2.34. The van der Waals surface area contributed by atoms with Crippen molar-refractivity contribution in [2.45, 2.75) is 4.90 Å². The summed E-state index contributed by atoms with van der Waals surface area (Å²) in [5, 5.41) is 3.83. The minimum absolute atomic E-state index is 0.109. The van der Waals surface area contributed by atoms with Crippen molar-refractivity contribution in [2.75, 3.05) is 24.1 Å². The summed E-state index contributed by atoms with van der Waals surface area (Å²) in [6, 6.07) is 12.4. The van der Waals surface area contributed by atoms with Crippen molar-refractivity contribution in [1.29, 1.82) is 0 Å². The van der Waals surface area contributed by atoms with E-state index in [1.165, 1.54) is 36.5 Å². The number of anilines is 1. The number of hydrogen-bond acceptors (Lipinski definition) is 7. The van der Waals surface area contributed by atoms with E-state index in [9.17, 15) is 17.6 Å². The van der Waals surface area contributed by atoms with Gasteiger partial charge in [-0.3, -0.25) is 14.1 Å². The van der Waals surface area contributed by atoms with Crippen LogP contribution in [0.2, 0.25) is 0 Å². The fraction of sp³-hybridized carbons (Fsp3) is 0.136. The Balaban J connectivity index is 1.60. The molecule has 0 unspecified atom stereocenters. The number of nitrogens with zero attached hydrogens (tertiary/aromatic N) is 3. The Morgan fingerprint density at radius 3 is 2.61 bits per heavy atom. The largest absolute Gasteiger partial charge is 0.486 e. The van der Waals surface area contributed by atoms with Crippen molar-refractivity contribution in [3.05, 3.63) is 78.4 Å². The molecule has 2 aromatic carbocycles. The van der Waals surface area contributed by atoms with Crippen molar-refractivity contribution in [1.82, 2.24) is 10.4 Å². The van der Waals surface area contributed by atoms with Crippen LogP contribution in [-0.4, -0.2) is 45.3 Å². The summed E-state index contributed by atoms with van der Waals surface area (Å²) in [4.78, 5) is 16.4. The van der Waals surface area contributed by atoms with Gasteiger partial charge in [0.2, 0.25) is 0 Å². The lowest BCUT2D eigenvalue weighted by atomic mass is 10.3. The van der Waals surface area contributed by atoms with Crippen molar-refractivity contribution in [3.8, 4) is 11.5 Å². The van der Waals surface area contributed by atoms with Crippen LogP contribution in [-0.2, 0) is 14.8 Å². The molecular formula is C22H19FN4O5S. The molecule has 1 aromatic heterocycles. The highest BCUT2D eigenvalue weighted by atomic mass is 32.2. The fourth-order valence-corrected chi connectivity index (χ4v) is 4.47. The molecule has 1 aliphatic rings. The second kappa shape index (κ2) is 9.65. The quantitative estimate of drug-likeness (QED) is 0.419. The molecule has 11 heteroatoms. The van der Waals surface area contributed by atoms with Gasteiger partial charge < -0.3 is 9.47 Å². The molecule has 33 heavy (non-hydrogen) atoms. The van der Waals surface area contributed by atoms with Crippen LogP contribution < -0.4 is 19.2 Å². The van der Waals surface area contributed by atoms with E-state index < -0.39 is 28.3 Å². The minimum Gasteiger partial charge on any atom is -0.486 e. The molecule has 4 rings (SSSR count). The fourth-order valence-electron chi connectivity index (χ4n) is 3.03. The highest BCUT2D eigenvalue weighted by Crippen LogP contribution is 2.34. The number of hydrogen-bond donors (Lipinski definition) is 1. The Bertz CT molecular complexity index is 1270. The molecule has 170 valence electrons. The van der Waals surface area contributed by atoms with Gasteiger partial charge in [0.15, 0.2) is 11.5 Å². The van der Waals surface area contributed by atoms with E-state index in [0.717, 1.165) is 16.4 Å². The van der Waals surface area contributed by atoms with Gasteiger partial charge >= 0.3 is 0 Å². The molecule has 0 aliphatic carbocycles. The van der Waals surface area contributed by atoms with Crippen LogP contribution in [0.5, 0.6) is 11.5 Å². The lowest BCUT2D eigenvalue weighted by Gasteiger charge is -2.25. The van der Waals surface area contributed by atoms with Gasteiger partial charge in [-0.1, -0.05) is 6.07 Å². The third kappa shape index (κ3) is 5.26. The van der Waals surface area contributed by atoms with E-state index in [-0.39, 0.29) is 22.9 Å². The molecule has 9 nitrogen and oxygen atoms in total. The maximum Gasteiger partial charge on any atom is 0.264 e. The maximum absolute atomic E-state index is 13.4. The van der Waals surface area contributed by atoms with Crippen LogP contribution in [0.1, 0.15) is 5.56 Å². The highest BCUT2D eigenvalue weighted by Gasteiger charge is 2.29.